The third-order valence-corrected chi connectivity index (χ3v) is 4.37. The predicted octanol–water partition coefficient (Wildman–Crippen LogP) is 2.64. The van der Waals surface area contributed by atoms with Crippen LogP contribution in [-0.2, 0) is 9.84 Å². The van der Waals surface area contributed by atoms with E-state index in [0.29, 0.717) is 17.1 Å². The van der Waals surface area contributed by atoms with Gasteiger partial charge in [0.1, 0.15) is 11.6 Å². The summed E-state index contributed by atoms with van der Waals surface area (Å²) < 4.78 is 29.1. The molecule has 0 saturated carbocycles. The molecule has 1 heterocycles. The van der Waals surface area contributed by atoms with Gasteiger partial charge in [-0.15, -0.1) is 0 Å². The van der Waals surface area contributed by atoms with Crippen molar-refractivity contribution in [2.24, 2.45) is 0 Å². The van der Waals surface area contributed by atoms with E-state index in [1.165, 1.54) is 19.4 Å². The number of para-hydroxylation sites is 2. The van der Waals surface area contributed by atoms with Crippen molar-refractivity contribution in [1.29, 1.82) is 0 Å². The van der Waals surface area contributed by atoms with Crippen molar-refractivity contribution in [3.05, 3.63) is 42.5 Å². The lowest BCUT2D eigenvalue weighted by molar-refractivity contribution is 0.413. The molecule has 0 bridgehead atoms. The summed E-state index contributed by atoms with van der Waals surface area (Å²) in [7, 11) is -1.89. The van der Waals surface area contributed by atoms with Crippen molar-refractivity contribution in [3.8, 4) is 17.1 Å². The lowest BCUT2D eigenvalue weighted by Crippen LogP contribution is -2.01. The van der Waals surface area contributed by atoms with Gasteiger partial charge in [0.15, 0.2) is 9.84 Å². The summed E-state index contributed by atoms with van der Waals surface area (Å²) in [5, 5.41) is 0. The van der Waals surface area contributed by atoms with Crippen LogP contribution in [0.3, 0.4) is 0 Å². The summed E-state index contributed by atoms with van der Waals surface area (Å²) in [5.41, 5.74) is 2.19. The maximum atomic E-state index is 12.0. The topological polar surface area (TPSA) is 72.0 Å². The first-order chi connectivity index (χ1) is 9.99. The number of H-pyrrole nitrogens is 1. The van der Waals surface area contributed by atoms with Gasteiger partial charge in [-0.25, -0.2) is 13.4 Å². The minimum Gasteiger partial charge on any atom is -0.497 e. The summed E-state index contributed by atoms with van der Waals surface area (Å²) in [5.74, 6) is 1.02. The molecule has 0 aliphatic rings. The van der Waals surface area contributed by atoms with Gasteiger partial charge in [-0.3, -0.25) is 0 Å². The number of methoxy groups -OCH3 is 1. The highest BCUT2D eigenvalue weighted by Crippen LogP contribution is 2.30. The zero-order chi connectivity index (χ0) is 15.0. The minimum absolute atomic E-state index is 0.195. The molecule has 3 rings (SSSR count). The van der Waals surface area contributed by atoms with Crippen molar-refractivity contribution in [3.63, 3.8) is 0 Å². The molecule has 3 aromatic rings. The number of rotatable bonds is 3. The Morgan fingerprint density at radius 3 is 2.57 bits per heavy atom. The molecule has 0 aliphatic carbocycles. The Balaban J connectivity index is 2.26. The molecule has 0 amide bonds. The van der Waals surface area contributed by atoms with Gasteiger partial charge in [-0.05, 0) is 30.3 Å². The van der Waals surface area contributed by atoms with Crippen molar-refractivity contribution in [2.75, 3.05) is 13.4 Å². The molecular weight excluding hydrogens is 288 g/mol. The van der Waals surface area contributed by atoms with Gasteiger partial charge in [0.05, 0.1) is 23.0 Å². The van der Waals surface area contributed by atoms with E-state index in [9.17, 15) is 8.42 Å². The van der Waals surface area contributed by atoms with Crippen LogP contribution in [0.15, 0.2) is 47.4 Å². The number of hydrogen-bond acceptors (Lipinski definition) is 4. The number of imidazole rings is 1. The van der Waals surface area contributed by atoms with E-state index < -0.39 is 9.84 Å². The van der Waals surface area contributed by atoms with Crippen LogP contribution in [0, 0.1) is 0 Å². The van der Waals surface area contributed by atoms with Gasteiger partial charge in [-0.1, -0.05) is 12.1 Å². The molecule has 6 heteroatoms. The van der Waals surface area contributed by atoms with Crippen molar-refractivity contribution in [1.82, 2.24) is 9.97 Å². The molecule has 0 spiro atoms. The Hall–Kier alpha value is -2.34. The molecule has 0 atom stereocenters. The van der Waals surface area contributed by atoms with Crippen LogP contribution < -0.4 is 4.74 Å². The standard InChI is InChI=1S/C15H14N2O3S/c1-20-10-7-8-11(14(9-10)21(2,18)19)15-16-12-5-3-4-6-13(12)17-15/h3-9H,1-2H3,(H,16,17). The van der Waals surface area contributed by atoms with Gasteiger partial charge in [0.2, 0.25) is 0 Å². The monoisotopic (exact) mass is 302 g/mol. The Bertz CT molecular complexity index is 881. The second-order valence-corrected chi connectivity index (χ2v) is 6.72. The van der Waals surface area contributed by atoms with Crippen molar-refractivity contribution >= 4 is 20.9 Å². The van der Waals surface area contributed by atoms with Crippen LogP contribution in [0.1, 0.15) is 0 Å². The first-order valence-corrected chi connectivity index (χ1v) is 8.21. The number of hydrogen-bond donors (Lipinski definition) is 1. The zero-order valence-corrected chi connectivity index (χ0v) is 12.4. The molecule has 1 N–H and O–H groups in total. The fourth-order valence-electron chi connectivity index (χ4n) is 2.21. The lowest BCUT2D eigenvalue weighted by Gasteiger charge is -2.08. The molecule has 0 fully saturated rings. The van der Waals surface area contributed by atoms with E-state index in [4.69, 9.17) is 4.74 Å². The highest BCUT2D eigenvalue weighted by atomic mass is 32.2. The summed E-state index contributed by atoms with van der Waals surface area (Å²) in [6.45, 7) is 0. The number of aromatic nitrogens is 2. The number of nitrogens with zero attached hydrogens (tertiary/aromatic N) is 1. The summed E-state index contributed by atoms with van der Waals surface area (Å²) >= 11 is 0. The minimum atomic E-state index is -3.39. The molecule has 2 aromatic carbocycles. The van der Waals surface area contributed by atoms with Crippen molar-refractivity contribution < 1.29 is 13.2 Å². The Morgan fingerprint density at radius 1 is 1.14 bits per heavy atom. The maximum absolute atomic E-state index is 12.0. The van der Waals surface area contributed by atoms with Crippen LogP contribution in [0.5, 0.6) is 5.75 Å². The van der Waals surface area contributed by atoms with Gasteiger partial charge in [0, 0.05) is 11.8 Å². The van der Waals surface area contributed by atoms with Gasteiger partial charge in [-0.2, -0.15) is 0 Å². The largest absolute Gasteiger partial charge is 0.497 e. The number of nitrogens with one attached hydrogen (secondary N) is 1. The Kier molecular flexibility index (Phi) is 3.17. The molecule has 0 saturated heterocycles. The fraction of sp³-hybridized carbons (Fsp3) is 0.133. The van der Waals surface area contributed by atoms with Gasteiger partial charge >= 0.3 is 0 Å². The quantitative estimate of drug-likeness (QED) is 0.807. The van der Waals surface area contributed by atoms with E-state index in [2.05, 4.69) is 9.97 Å². The SMILES string of the molecule is COc1ccc(-c2nc3ccccc3[nH]2)c(S(C)(=O)=O)c1. The first kappa shape index (κ1) is 13.6. The Morgan fingerprint density at radius 2 is 1.90 bits per heavy atom. The molecule has 1 aromatic heterocycles. The Labute approximate surface area is 122 Å². The average molecular weight is 302 g/mol. The van der Waals surface area contributed by atoms with E-state index in [0.717, 1.165) is 11.0 Å². The molecule has 5 nitrogen and oxygen atoms in total. The van der Waals surface area contributed by atoms with E-state index in [1.807, 2.05) is 24.3 Å². The number of ether oxygens (including phenoxy) is 1. The van der Waals surface area contributed by atoms with Crippen LogP contribution in [0.4, 0.5) is 0 Å². The normalized spacial score (nSPS) is 11.7. The summed E-state index contributed by atoms with van der Waals surface area (Å²) in [6, 6.07) is 12.5. The smallest absolute Gasteiger partial charge is 0.176 e. The number of benzene rings is 2. The number of sulfone groups is 1. The maximum Gasteiger partial charge on any atom is 0.176 e. The second kappa shape index (κ2) is 4.89. The van der Waals surface area contributed by atoms with Crippen LogP contribution in [0.2, 0.25) is 0 Å². The molecule has 0 radical (unpaired) electrons. The first-order valence-electron chi connectivity index (χ1n) is 6.32. The highest BCUT2D eigenvalue weighted by molar-refractivity contribution is 7.90. The van der Waals surface area contributed by atoms with Crippen LogP contribution in [0.25, 0.3) is 22.4 Å². The molecular formula is C15H14N2O3S. The van der Waals surface area contributed by atoms with E-state index in [-0.39, 0.29) is 4.90 Å². The van der Waals surface area contributed by atoms with Gasteiger partial charge < -0.3 is 9.72 Å². The fourth-order valence-corrected chi connectivity index (χ4v) is 3.11. The van der Waals surface area contributed by atoms with E-state index in [1.54, 1.807) is 12.1 Å². The highest BCUT2D eigenvalue weighted by Gasteiger charge is 2.18. The predicted molar refractivity (Wildman–Crippen MR) is 81.2 cm³/mol. The number of fused-ring (bicyclic) bond motifs is 1. The van der Waals surface area contributed by atoms with Crippen LogP contribution >= 0.6 is 0 Å². The third-order valence-electron chi connectivity index (χ3n) is 3.23. The lowest BCUT2D eigenvalue weighted by atomic mass is 10.2. The molecule has 108 valence electrons. The van der Waals surface area contributed by atoms with Gasteiger partial charge in [0.25, 0.3) is 0 Å². The summed E-state index contributed by atoms with van der Waals surface area (Å²) in [6.07, 6.45) is 1.17. The van der Waals surface area contributed by atoms with E-state index >= 15 is 0 Å². The summed E-state index contributed by atoms with van der Waals surface area (Å²) in [4.78, 5) is 7.79. The average Bonchev–Trinajstić information content (AvgIpc) is 2.89. The zero-order valence-electron chi connectivity index (χ0n) is 11.6. The number of aromatic amines is 1. The van der Waals surface area contributed by atoms with Crippen molar-refractivity contribution in [2.45, 2.75) is 4.90 Å². The third kappa shape index (κ3) is 2.50. The molecule has 0 unspecified atom stereocenters. The molecule has 0 aliphatic heterocycles. The second-order valence-electron chi connectivity index (χ2n) is 4.74. The molecule has 21 heavy (non-hydrogen) atoms. The van der Waals surface area contributed by atoms with Crippen LogP contribution in [-0.4, -0.2) is 31.8 Å².